The number of aromatic amines is 1. The lowest BCUT2D eigenvalue weighted by atomic mass is 10.3. The molecule has 0 aliphatic heterocycles. The highest BCUT2D eigenvalue weighted by atomic mass is 32.1. The largest absolute Gasteiger partial charge is 0.497 e. The van der Waals surface area contributed by atoms with Crippen LogP contribution in [0.3, 0.4) is 0 Å². The van der Waals surface area contributed by atoms with E-state index in [4.69, 9.17) is 17.0 Å². The zero-order chi connectivity index (χ0) is 18.1. The number of imidazole rings is 1. The Hall–Kier alpha value is -2.97. The highest BCUT2D eigenvalue weighted by Crippen LogP contribution is 2.29. The molecule has 26 heavy (non-hydrogen) atoms. The van der Waals surface area contributed by atoms with Crippen molar-refractivity contribution in [2.45, 2.75) is 0 Å². The minimum atomic E-state index is -0.285. The number of carbonyl (C=O) groups excluding carboxylic acids is 1. The predicted molar refractivity (Wildman–Crippen MR) is 105 cm³/mol. The fourth-order valence-corrected chi connectivity index (χ4v) is 3.77. The molecule has 4 rings (SSSR count). The molecule has 2 N–H and O–H groups in total. The molecule has 0 aliphatic carbocycles. The molecule has 0 fully saturated rings. The summed E-state index contributed by atoms with van der Waals surface area (Å²) in [6, 6.07) is 15.1. The second-order valence-corrected chi connectivity index (χ2v) is 6.87. The van der Waals surface area contributed by atoms with Crippen molar-refractivity contribution in [3.8, 4) is 11.4 Å². The molecular formula is C18H14N4O2S2. The molecule has 0 saturated carbocycles. The van der Waals surface area contributed by atoms with Crippen molar-refractivity contribution in [3.05, 3.63) is 65.2 Å². The summed E-state index contributed by atoms with van der Waals surface area (Å²) in [5, 5.41) is 3.37. The number of H-pyrrole nitrogens is 1. The molecule has 0 bridgehead atoms. The fraction of sp³-hybridized carbons (Fsp3) is 0.0556. The zero-order valence-corrected chi connectivity index (χ0v) is 15.4. The van der Waals surface area contributed by atoms with E-state index >= 15 is 0 Å². The van der Waals surface area contributed by atoms with E-state index in [1.54, 1.807) is 17.9 Å². The van der Waals surface area contributed by atoms with Crippen LogP contribution < -0.4 is 10.1 Å². The van der Waals surface area contributed by atoms with E-state index in [0.29, 0.717) is 15.6 Å². The van der Waals surface area contributed by atoms with Crippen molar-refractivity contribution in [1.29, 1.82) is 0 Å². The van der Waals surface area contributed by atoms with Crippen molar-refractivity contribution < 1.29 is 9.53 Å². The zero-order valence-electron chi connectivity index (χ0n) is 13.7. The number of aromatic nitrogens is 3. The van der Waals surface area contributed by atoms with E-state index in [1.165, 1.54) is 11.3 Å². The summed E-state index contributed by atoms with van der Waals surface area (Å²) in [7, 11) is 1.62. The van der Waals surface area contributed by atoms with Gasteiger partial charge in [-0.15, -0.1) is 0 Å². The van der Waals surface area contributed by atoms with Gasteiger partial charge in [0.1, 0.15) is 11.4 Å². The number of nitrogens with zero attached hydrogens (tertiary/aromatic N) is 2. The third kappa shape index (κ3) is 3.00. The Morgan fingerprint density at radius 3 is 2.85 bits per heavy atom. The van der Waals surface area contributed by atoms with Gasteiger partial charge in [-0.05, 0) is 42.5 Å². The van der Waals surface area contributed by atoms with Crippen LogP contribution in [0.5, 0.6) is 5.75 Å². The van der Waals surface area contributed by atoms with Gasteiger partial charge < -0.3 is 9.72 Å². The number of anilines is 1. The molecule has 2 aromatic heterocycles. The maximum absolute atomic E-state index is 12.8. The maximum atomic E-state index is 12.8. The molecule has 0 aliphatic rings. The molecular weight excluding hydrogens is 368 g/mol. The number of benzene rings is 2. The third-order valence-electron chi connectivity index (χ3n) is 3.84. The summed E-state index contributed by atoms with van der Waals surface area (Å²) >= 11 is 6.71. The van der Waals surface area contributed by atoms with Gasteiger partial charge in [-0.1, -0.05) is 29.5 Å². The van der Waals surface area contributed by atoms with E-state index in [0.717, 1.165) is 21.7 Å². The monoisotopic (exact) mass is 382 g/mol. The first-order valence-corrected chi connectivity index (χ1v) is 9.00. The van der Waals surface area contributed by atoms with Gasteiger partial charge in [-0.25, -0.2) is 4.98 Å². The first-order chi connectivity index (χ1) is 12.7. The number of thiazole rings is 1. The smallest absolute Gasteiger partial charge is 0.276 e. The van der Waals surface area contributed by atoms with Crippen LogP contribution in [0.15, 0.2) is 54.7 Å². The number of fused-ring (bicyclic) bond motifs is 1. The Kier molecular flexibility index (Phi) is 4.27. The molecule has 4 aromatic rings. The molecule has 130 valence electrons. The second-order valence-electron chi connectivity index (χ2n) is 5.46. The normalized spacial score (nSPS) is 10.8. The van der Waals surface area contributed by atoms with Crippen LogP contribution >= 0.6 is 23.6 Å². The van der Waals surface area contributed by atoms with Gasteiger partial charge in [-0.2, -0.15) is 0 Å². The van der Waals surface area contributed by atoms with Crippen LogP contribution in [0.2, 0.25) is 0 Å². The fourth-order valence-electron chi connectivity index (χ4n) is 2.62. The van der Waals surface area contributed by atoms with Crippen molar-refractivity contribution in [2.24, 2.45) is 0 Å². The number of nitrogens with one attached hydrogen (secondary N) is 2. The Labute approximate surface area is 158 Å². The first-order valence-electron chi connectivity index (χ1n) is 7.77. The number of rotatable bonds is 4. The molecule has 0 unspecified atom stereocenters. The highest BCUT2D eigenvalue weighted by Gasteiger charge is 2.16. The SMILES string of the molecule is COc1ccc2nc(NC(=O)c3c[nH]c(=S)n3-c3ccccc3)sc2c1. The van der Waals surface area contributed by atoms with Gasteiger partial charge in [0.2, 0.25) is 0 Å². The molecule has 0 atom stereocenters. The van der Waals surface area contributed by atoms with Crippen LogP contribution in [0.25, 0.3) is 15.9 Å². The summed E-state index contributed by atoms with van der Waals surface area (Å²) in [5.41, 5.74) is 2.04. The lowest BCUT2D eigenvalue weighted by molar-refractivity contribution is 0.102. The quantitative estimate of drug-likeness (QED) is 0.513. The summed E-state index contributed by atoms with van der Waals surface area (Å²) in [5.74, 6) is 0.467. The van der Waals surface area contributed by atoms with Crippen LogP contribution in [0.1, 0.15) is 10.5 Å². The molecule has 0 spiro atoms. The van der Waals surface area contributed by atoms with Gasteiger partial charge in [0.05, 0.1) is 17.3 Å². The number of amides is 1. The number of hydrogen-bond acceptors (Lipinski definition) is 5. The Morgan fingerprint density at radius 2 is 2.08 bits per heavy atom. The van der Waals surface area contributed by atoms with Gasteiger partial charge in [0.25, 0.3) is 5.91 Å². The summed E-state index contributed by atoms with van der Waals surface area (Å²) in [6.45, 7) is 0. The third-order valence-corrected chi connectivity index (χ3v) is 5.07. The second kappa shape index (κ2) is 6.74. The van der Waals surface area contributed by atoms with E-state index in [2.05, 4.69) is 15.3 Å². The maximum Gasteiger partial charge on any atom is 0.276 e. The van der Waals surface area contributed by atoms with Gasteiger partial charge in [-0.3, -0.25) is 14.7 Å². The highest BCUT2D eigenvalue weighted by molar-refractivity contribution is 7.71. The van der Waals surface area contributed by atoms with Crippen molar-refractivity contribution in [1.82, 2.24) is 14.5 Å². The number of methoxy groups -OCH3 is 1. The van der Waals surface area contributed by atoms with Gasteiger partial charge in [0.15, 0.2) is 9.90 Å². The molecule has 0 saturated heterocycles. The van der Waals surface area contributed by atoms with Gasteiger partial charge in [0, 0.05) is 11.9 Å². The molecule has 6 nitrogen and oxygen atoms in total. The van der Waals surface area contributed by atoms with Crippen molar-refractivity contribution in [2.75, 3.05) is 12.4 Å². The Bertz CT molecular complexity index is 1140. The first kappa shape index (κ1) is 16.5. The number of para-hydroxylation sites is 1. The molecule has 8 heteroatoms. The van der Waals surface area contributed by atoms with Crippen LogP contribution in [0, 0.1) is 4.77 Å². The van der Waals surface area contributed by atoms with Crippen LogP contribution in [-0.4, -0.2) is 27.6 Å². The van der Waals surface area contributed by atoms with Crippen molar-refractivity contribution >= 4 is 44.8 Å². The molecule has 0 radical (unpaired) electrons. The van der Waals surface area contributed by atoms with E-state index in [9.17, 15) is 4.79 Å². The number of ether oxygens (including phenoxy) is 1. The Morgan fingerprint density at radius 1 is 1.27 bits per heavy atom. The summed E-state index contributed by atoms with van der Waals surface area (Å²) in [4.78, 5) is 20.1. The molecule has 2 aromatic carbocycles. The average molecular weight is 382 g/mol. The molecule has 2 heterocycles. The van der Waals surface area contributed by atoms with Crippen LogP contribution in [0.4, 0.5) is 5.13 Å². The lowest BCUT2D eigenvalue weighted by Crippen LogP contribution is -2.16. The standard InChI is InChI=1S/C18H14N4O2S2/c1-24-12-7-8-13-15(9-12)26-17(20-13)21-16(23)14-10-19-18(25)22(14)11-5-3-2-4-6-11/h2-10H,1H3,(H,19,25)(H,20,21,23). The minimum Gasteiger partial charge on any atom is -0.497 e. The number of hydrogen-bond donors (Lipinski definition) is 2. The average Bonchev–Trinajstić information content (AvgIpc) is 3.24. The minimum absolute atomic E-state index is 0.285. The van der Waals surface area contributed by atoms with Gasteiger partial charge >= 0.3 is 0 Å². The van der Waals surface area contributed by atoms with Crippen LogP contribution in [-0.2, 0) is 0 Å². The van der Waals surface area contributed by atoms with Crippen molar-refractivity contribution in [3.63, 3.8) is 0 Å². The number of carbonyl (C=O) groups is 1. The Balaban J connectivity index is 1.66. The molecule has 1 amide bonds. The summed E-state index contributed by atoms with van der Waals surface area (Å²) < 4.78 is 8.31. The summed E-state index contributed by atoms with van der Waals surface area (Å²) in [6.07, 6.45) is 1.60. The van der Waals surface area contributed by atoms with E-state index in [-0.39, 0.29) is 5.91 Å². The predicted octanol–water partition coefficient (Wildman–Crippen LogP) is 4.41. The van der Waals surface area contributed by atoms with E-state index in [1.807, 2.05) is 48.5 Å². The van der Waals surface area contributed by atoms with E-state index < -0.39 is 0 Å². The lowest BCUT2D eigenvalue weighted by Gasteiger charge is -2.07. The topological polar surface area (TPSA) is 71.9 Å².